The normalized spacial score (nSPS) is 10.9. The molecule has 2 aromatic heterocycles. The molecule has 0 aliphatic heterocycles. The molecule has 0 unspecified atom stereocenters. The summed E-state index contributed by atoms with van der Waals surface area (Å²) in [6.45, 7) is 6.73. The first-order valence-electron chi connectivity index (χ1n) is 8.01. The van der Waals surface area contributed by atoms with Crippen LogP contribution in [0.2, 0.25) is 0 Å². The second kappa shape index (κ2) is 7.23. The van der Waals surface area contributed by atoms with Crippen LogP contribution in [0.5, 0.6) is 0 Å². The van der Waals surface area contributed by atoms with Crippen molar-refractivity contribution in [1.29, 1.82) is 0 Å². The van der Waals surface area contributed by atoms with Gasteiger partial charge in [0.25, 0.3) is 0 Å². The Morgan fingerprint density at radius 3 is 2.60 bits per heavy atom. The van der Waals surface area contributed by atoms with Gasteiger partial charge in [0.15, 0.2) is 5.82 Å². The van der Waals surface area contributed by atoms with Crippen molar-refractivity contribution < 1.29 is 4.79 Å². The molecule has 25 heavy (non-hydrogen) atoms. The number of halogens is 1. The van der Waals surface area contributed by atoms with E-state index < -0.39 is 0 Å². The van der Waals surface area contributed by atoms with Gasteiger partial charge in [0.2, 0.25) is 5.91 Å². The van der Waals surface area contributed by atoms with E-state index in [4.69, 9.17) is 0 Å². The molecule has 1 N–H and O–H groups in total. The molecule has 1 amide bonds. The molecule has 3 rings (SSSR count). The van der Waals surface area contributed by atoms with Crippen LogP contribution in [-0.2, 0) is 17.9 Å². The van der Waals surface area contributed by atoms with Crippen molar-refractivity contribution in [1.82, 2.24) is 19.6 Å². The third kappa shape index (κ3) is 3.99. The Hall–Kier alpha value is -2.41. The number of anilines is 1. The molecule has 6 nitrogen and oxygen atoms in total. The Bertz CT molecular complexity index is 912. The summed E-state index contributed by atoms with van der Waals surface area (Å²) in [4.78, 5) is 12.2. The first-order chi connectivity index (χ1) is 11.9. The highest BCUT2D eigenvalue weighted by atomic mass is 79.9. The highest BCUT2D eigenvalue weighted by Gasteiger charge is 2.13. The lowest BCUT2D eigenvalue weighted by Crippen LogP contribution is -2.20. The summed E-state index contributed by atoms with van der Waals surface area (Å²) < 4.78 is 4.43. The van der Waals surface area contributed by atoms with Gasteiger partial charge >= 0.3 is 0 Å². The minimum atomic E-state index is -0.153. The number of nitrogens with one attached hydrogen (secondary N) is 1. The molecular formula is C18H20BrN5O. The molecule has 0 atom stereocenters. The van der Waals surface area contributed by atoms with Gasteiger partial charge in [-0.15, -0.1) is 0 Å². The zero-order valence-electron chi connectivity index (χ0n) is 14.5. The van der Waals surface area contributed by atoms with Gasteiger partial charge in [-0.25, -0.2) is 0 Å². The minimum absolute atomic E-state index is 0.153. The van der Waals surface area contributed by atoms with Crippen molar-refractivity contribution in [3.05, 3.63) is 63.5 Å². The average molecular weight is 402 g/mol. The molecular weight excluding hydrogens is 382 g/mol. The second-order valence-electron chi connectivity index (χ2n) is 6.02. The van der Waals surface area contributed by atoms with Crippen LogP contribution in [0.3, 0.4) is 0 Å². The molecule has 0 radical (unpaired) electrons. The Morgan fingerprint density at radius 2 is 1.92 bits per heavy atom. The van der Waals surface area contributed by atoms with Gasteiger partial charge in [0.1, 0.15) is 6.54 Å². The number of carbonyl (C=O) groups excluding carboxylic acids is 1. The molecule has 7 heteroatoms. The van der Waals surface area contributed by atoms with E-state index in [-0.39, 0.29) is 12.5 Å². The zero-order chi connectivity index (χ0) is 18.0. The number of hydrogen-bond acceptors (Lipinski definition) is 3. The number of aryl methyl sites for hydroxylation is 2. The van der Waals surface area contributed by atoms with Crippen molar-refractivity contribution in [2.45, 2.75) is 33.9 Å². The smallest absolute Gasteiger partial charge is 0.247 e. The molecule has 0 aliphatic rings. The summed E-state index contributed by atoms with van der Waals surface area (Å²) in [6.07, 6.45) is 1.86. The SMILES string of the molecule is Cc1ccccc1Cn1ccc(NC(=O)Cn2nc(C)c(Br)c2C)n1. The van der Waals surface area contributed by atoms with Gasteiger partial charge < -0.3 is 5.32 Å². The molecule has 0 bridgehead atoms. The second-order valence-corrected chi connectivity index (χ2v) is 6.81. The monoisotopic (exact) mass is 401 g/mol. The predicted molar refractivity (Wildman–Crippen MR) is 101 cm³/mol. The minimum Gasteiger partial charge on any atom is -0.308 e. The molecule has 0 saturated carbocycles. The topological polar surface area (TPSA) is 64.7 Å². The Kier molecular flexibility index (Phi) is 5.03. The van der Waals surface area contributed by atoms with E-state index in [9.17, 15) is 4.79 Å². The fraction of sp³-hybridized carbons (Fsp3) is 0.278. The van der Waals surface area contributed by atoms with E-state index in [2.05, 4.69) is 50.5 Å². The molecule has 0 saturated heterocycles. The van der Waals surface area contributed by atoms with E-state index in [1.165, 1.54) is 11.1 Å². The number of carbonyl (C=O) groups is 1. The van der Waals surface area contributed by atoms with Gasteiger partial charge in [0, 0.05) is 12.3 Å². The van der Waals surface area contributed by atoms with Gasteiger partial charge in [-0.2, -0.15) is 10.2 Å². The van der Waals surface area contributed by atoms with Gasteiger partial charge in [0.05, 0.1) is 22.4 Å². The largest absolute Gasteiger partial charge is 0.308 e. The van der Waals surface area contributed by atoms with Gasteiger partial charge in [-0.3, -0.25) is 14.2 Å². The standard InChI is InChI=1S/C18H20BrN5O/c1-12-6-4-5-7-15(12)10-23-9-8-16(22-23)20-17(25)11-24-14(3)18(19)13(2)21-24/h4-9H,10-11H2,1-3H3,(H,20,22,25). The molecule has 0 spiro atoms. The van der Waals surface area contributed by atoms with Crippen LogP contribution in [0.4, 0.5) is 5.82 Å². The van der Waals surface area contributed by atoms with Crippen molar-refractivity contribution in [3.63, 3.8) is 0 Å². The maximum atomic E-state index is 12.2. The van der Waals surface area contributed by atoms with E-state index in [0.29, 0.717) is 12.4 Å². The number of benzene rings is 1. The predicted octanol–water partition coefficient (Wildman–Crippen LogP) is 3.45. The summed E-state index contributed by atoms with van der Waals surface area (Å²) in [7, 11) is 0. The van der Waals surface area contributed by atoms with E-state index >= 15 is 0 Å². The third-order valence-corrected chi connectivity index (χ3v) is 5.24. The van der Waals surface area contributed by atoms with Crippen molar-refractivity contribution in [2.24, 2.45) is 0 Å². The summed E-state index contributed by atoms with van der Waals surface area (Å²) in [6, 6.07) is 9.99. The van der Waals surface area contributed by atoms with Crippen molar-refractivity contribution in [2.75, 3.05) is 5.32 Å². The maximum Gasteiger partial charge on any atom is 0.247 e. The van der Waals surface area contributed by atoms with Crippen LogP contribution in [-0.4, -0.2) is 25.5 Å². The molecule has 0 fully saturated rings. The Balaban J connectivity index is 1.64. The molecule has 0 aliphatic carbocycles. The number of nitrogens with zero attached hydrogens (tertiary/aromatic N) is 4. The lowest BCUT2D eigenvalue weighted by Gasteiger charge is -2.06. The fourth-order valence-electron chi connectivity index (χ4n) is 2.63. The zero-order valence-corrected chi connectivity index (χ0v) is 16.0. The van der Waals surface area contributed by atoms with Crippen LogP contribution in [0.15, 0.2) is 41.0 Å². The first-order valence-corrected chi connectivity index (χ1v) is 8.80. The quantitative estimate of drug-likeness (QED) is 0.711. The van der Waals surface area contributed by atoms with Gasteiger partial charge in [-0.05, 0) is 47.8 Å². The maximum absolute atomic E-state index is 12.2. The van der Waals surface area contributed by atoms with Crippen molar-refractivity contribution >= 4 is 27.7 Å². The average Bonchev–Trinajstić information content (AvgIpc) is 3.10. The Labute approximate surface area is 155 Å². The highest BCUT2D eigenvalue weighted by molar-refractivity contribution is 9.10. The number of hydrogen-bond donors (Lipinski definition) is 1. The molecule has 3 aromatic rings. The highest BCUT2D eigenvalue weighted by Crippen LogP contribution is 2.19. The summed E-state index contributed by atoms with van der Waals surface area (Å²) in [5.74, 6) is 0.387. The van der Waals surface area contributed by atoms with Crippen LogP contribution >= 0.6 is 15.9 Å². The van der Waals surface area contributed by atoms with Crippen LogP contribution in [0.25, 0.3) is 0 Å². The van der Waals surface area contributed by atoms with E-state index in [1.807, 2.05) is 36.9 Å². The van der Waals surface area contributed by atoms with E-state index in [1.54, 1.807) is 10.7 Å². The summed E-state index contributed by atoms with van der Waals surface area (Å²) in [5, 5.41) is 11.6. The van der Waals surface area contributed by atoms with Crippen LogP contribution in [0.1, 0.15) is 22.5 Å². The van der Waals surface area contributed by atoms with Crippen LogP contribution < -0.4 is 5.32 Å². The summed E-state index contributed by atoms with van der Waals surface area (Å²) in [5.41, 5.74) is 4.22. The number of amides is 1. The number of rotatable bonds is 5. The lowest BCUT2D eigenvalue weighted by atomic mass is 10.1. The van der Waals surface area contributed by atoms with Crippen molar-refractivity contribution in [3.8, 4) is 0 Å². The lowest BCUT2D eigenvalue weighted by molar-refractivity contribution is -0.117. The van der Waals surface area contributed by atoms with Crippen LogP contribution in [0, 0.1) is 20.8 Å². The third-order valence-electron chi connectivity index (χ3n) is 4.09. The fourth-order valence-corrected chi connectivity index (χ4v) is 2.91. The molecule has 1 aromatic carbocycles. The number of aromatic nitrogens is 4. The first kappa shape index (κ1) is 17.4. The molecule has 2 heterocycles. The summed E-state index contributed by atoms with van der Waals surface area (Å²) >= 11 is 3.47. The van der Waals surface area contributed by atoms with E-state index in [0.717, 1.165) is 15.9 Å². The van der Waals surface area contributed by atoms with Gasteiger partial charge in [-0.1, -0.05) is 24.3 Å². The molecule has 130 valence electrons. The Morgan fingerprint density at radius 1 is 1.16 bits per heavy atom.